The van der Waals surface area contributed by atoms with E-state index in [0.29, 0.717) is 19.8 Å². The third-order valence-corrected chi connectivity index (χ3v) is 2.64. The maximum absolute atomic E-state index is 5.74. The van der Waals surface area contributed by atoms with E-state index in [1.807, 2.05) is 31.2 Å². The van der Waals surface area contributed by atoms with Gasteiger partial charge in [-0.3, -0.25) is 0 Å². The van der Waals surface area contributed by atoms with Crippen LogP contribution in [0.4, 0.5) is 0 Å². The summed E-state index contributed by atoms with van der Waals surface area (Å²) in [6.45, 7) is 11.1. The lowest BCUT2D eigenvalue weighted by molar-refractivity contribution is -0.0788. The monoisotopic (exact) mass is 246 g/mol. The Morgan fingerprint density at radius 3 is 2.50 bits per heavy atom. The summed E-state index contributed by atoms with van der Waals surface area (Å²) in [5, 5.41) is 0. The van der Waals surface area contributed by atoms with Crippen LogP contribution in [0.25, 0.3) is 0 Å². The van der Waals surface area contributed by atoms with Gasteiger partial charge < -0.3 is 9.47 Å². The van der Waals surface area contributed by atoms with Crippen molar-refractivity contribution in [3.05, 3.63) is 61.2 Å². The van der Waals surface area contributed by atoms with Crippen LogP contribution in [0.3, 0.4) is 0 Å². The molecule has 0 amide bonds. The minimum absolute atomic E-state index is 0.329. The minimum Gasteiger partial charge on any atom is -0.374 e. The van der Waals surface area contributed by atoms with Crippen molar-refractivity contribution in [3.8, 4) is 0 Å². The van der Waals surface area contributed by atoms with Gasteiger partial charge in [-0.05, 0) is 18.9 Å². The van der Waals surface area contributed by atoms with Crippen LogP contribution in [0.5, 0.6) is 0 Å². The van der Waals surface area contributed by atoms with Gasteiger partial charge in [-0.15, -0.1) is 13.2 Å². The molecule has 1 unspecified atom stereocenters. The SMILES string of the molecule is C=CCOC(C)(CC=C)COCc1ccccc1. The molecule has 0 aromatic heterocycles. The van der Waals surface area contributed by atoms with E-state index in [2.05, 4.69) is 25.3 Å². The van der Waals surface area contributed by atoms with Crippen LogP contribution in [0, 0.1) is 0 Å². The fraction of sp³-hybridized carbons (Fsp3) is 0.375. The van der Waals surface area contributed by atoms with Crippen LogP contribution >= 0.6 is 0 Å². The zero-order valence-electron chi connectivity index (χ0n) is 11.1. The smallest absolute Gasteiger partial charge is 0.0925 e. The predicted octanol–water partition coefficient (Wildman–Crippen LogP) is 3.74. The Kier molecular flexibility index (Phi) is 6.40. The molecule has 0 fully saturated rings. The molecule has 0 saturated heterocycles. The Balaban J connectivity index is 2.41. The van der Waals surface area contributed by atoms with Gasteiger partial charge in [0, 0.05) is 0 Å². The van der Waals surface area contributed by atoms with Crippen molar-refractivity contribution in [2.45, 2.75) is 25.6 Å². The van der Waals surface area contributed by atoms with E-state index in [9.17, 15) is 0 Å². The molecule has 18 heavy (non-hydrogen) atoms. The van der Waals surface area contributed by atoms with E-state index in [-0.39, 0.29) is 5.60 Å². The number of hydrogen-bond acceptors (Lipinski definition) is 2. The Bertz CT molecular complexity index is 359. The molecule has 0 aliphatic heterocycles. The summed E-state index contributed by atoms with van der Waals surface area (Å²) in [4.78, 5) is 0. The zero-order chi connectivity index (χ0) is 13.3. The first-order chi connectivity index (χ1) is 8.70. The molecule has 1 rings (SSSR count). The van der Waals surface area contributed by atoms with Crippen molar-refractivity contribution in [2.24, 2.45) is 0 Å². The highest BCUT2D eigenvalue weighted by molar-refractivity contribution is 5.13. The number of benzene rings is 1. The van der Waals surface area contributed by atoms with Crippen LogP contribution in [0.15, 0.2) is 55.6 Å². The van der Waals surface area contributed by atoms with E-state index >= 15 is 0 Å². The van der Waals surface area contributed by atoms with Crippen molar-refractivity contribution in [2.75, 3.05) is 13.2 Å². The van der Waals surface area contributed by atoms with Crippen molar-refractivity contribution < 1.29 is 9.47 Å². The molecule has 0 aliphatic rings. The van der Waals surface area contributed by atoms with Gasteiger partial charge in [0.1, 0.15) is 0 Å². The van der Waals surface area contributed by atoms with Gasteiger partial charge in [-0.2, -0.15) is 0 Å². The summed E-state index contributed by atoms with van der Waals surface area (Å²) in [6, 6.07) is 10.1. The third kappa shape index (κ3) is 5.30. The maximum Gasteiger partial charge on any atom is 0.0925 e. The van der Waals surface area contributed by atoms with Gasteiger partial charge >= 0.3 is 0 Å². The first kappa shape index (κ1) is 14.7. The summed E-state index contributed by atoms with van der Waals surface area (Å²) < 4.78 is 11.5. The van der Waals surface area contributed by atoms with Crippen LogP contribution < -0.4 is 0 Å². The molecular weight excluding hydrogens is 224 g/mol. The molecule has 1 aromatic carbocycles. The molecule has 2 nitrogen and oxygen atoms in total. The number of rotatable bonds is 9. The van der Waals surface area contributed by atoms with E-state index in [1.165, 1.54) is 5.56 Å². The van der Waals surface area contributed by atoms with Crippen molar-refractivity contribution in [1.82, 2.24) is 0 Å². The molecule has 98 valence electrons. The Morgan fingerprint density at radius 2 is 1.89 bits per heavy atom. The van der Waals surface area contributed by atoms with Crippen molar-refractivity contribution in [1.29, 1.82) is 0 Å². The average Bonchev–Trinajstić information content (AvgIpc) is 2.38. The van der Waals surface area contributed by atoms with Gasteiger partial charge in [0.2, 0.25) is 0 Å². The molecule has 0 bridgehead atoms. The first-order valence-electron chi connectivity index (χ1n) is 6.17. The maximum atomic E-state index is 5.74. The second-order valence-corrected chi connectivity index (χ2v) is 4.52. The van der Waals surface area contributed by atoms with Crippen molar-refractivity contribution >= 4 is 0 Å². The lowest BCUT2D eigenvalue weighted by Gasteiger charge is -2.28. The number of hydrogen-bond donors (Lipinski definition) is 0. The fourth-order valence-electron chi connectivity index (χ4n) is 1.68. The molecule has 0 saturated carbocycles. The molecule has 0 radical (unpaired) electrons. The van der Waals surface area contributed by atoms with E-state index in [4.69, 9.17) is 9.47 Å². The Hall–Kier alpha value is -1.38. The summed E-state index contributed by atoms with van der Waals surface area (Å²) in [6.07, 6.45) is 4.36. The largest absolute Gasteiger partial charge is 0.374 e. The summed E-state index contributed by atoms with van der Waals surface area (Å²) in [5.41, 5.74) is 0.840. The predicted molar refractivity (Wildman–Crippen MR) is 75.5 cm³/mol. The van der Waals surface area contributed by atoms with Crippen LogP contribution in [0.1, 0.15) is 18.9 Å². The topological polar surface area (TPSA) is 18.5 Å². The van der Waals surface area contributed by atoms with E-state index < -0.39 is 0 Å². The first-order valence-corrected chi connectivity index (χ1v) is 6.17. The van der Waals surface area contributed by atoms with Gasteiger partial charge in [0.05, 0.1) is 25.4 Å². The molecule has 0 spiro atoms. The molecular formula is C16H22O2. The zero-order valence-corrected chi connectivity index (χ0v) is 11.1. The quantitative estimate of drug-likeness (QED) is 0.618. The van der Waals surface area contributed by atoms with Crippen LogP contribution in [0.2, 0.25) is 0 Å². The second kappa shape index (κ2) is 7.85. The summed E-state index contributed by atoms with van der Waals surface area (Å²) >= 11 is 0. The summed E-state index contributed by atoms with van der Waals surface area (Å²) in [5.74, 6) is 0. The van der Waals surface area contributed by atoms with Crippen LogP contribution in [-0.2, 0) is 16.1 Å². The molecule has 0 heterocycles. The lowest BCUT2D eigenvalue weighted by atomic mass is 10.0. The van der Waals surface area contributed by atoms with Gasteiger partial charge in [-0.1, -0.05) is 42.5 Å². The standard InChI is InChI=1S/C16H22O2/c1-4-11-16(3,18-12-5-2)14-17-13-15-9-7-6-8-10-15/h4-10H,1-2,11-14H2,3H3. The van der Waals surface area contributed by atoms with Gasteiger partial charge in [0.15, 0.2) is 0 Å². The van der Waals surface area contributed by atoms with Gasteiger partial charge in [-0.25, -0.2) is 0 Å². The Labute approximate surface area is 110 Å². The molecule has 1 aromatic rings. The minimum atomic E-state index is -0.329. The summed E-state index contributed by atoms with van der Waals surface area (Å²) in [7, 11) is 0. The Morgan fingerprint density at radius 1 is 1.17 bits per heavy atom. The molecule has 0 N–H and O–H groups in total. The number of ether oxygens (including phenoxy) is 2. The van der Waals surface area contributed by atoms with Crippen molar-refractivity contribution in [3.63, 3.8) is 0 Å². The molecule has 2 heteroatoms. The highest BCUT2D eigenvalue weighted by Crippen LogP contribution is 2.17. The average molecular weight is 246 g/mol. The fourth-order valence-corrected chi connectivity index (χ4v) is 1.68. The highest BCUT2D eigenvalue weighted by atomic mass is 16.5. The van der Waals surface area contributed by atoms with Crippen LogP contribution in [-0.4, -0.2) is 18.8 Å². The van der Waals surface area contributed by atoms with Gasteiger partial charge in [0.25, 0.3) is 0 Å². The lowest BCUT2D eigenvalue weighted by Crippen LogP contribution is -2.34. The van der Waals surface area contributed by atoms with E-state index in [0.717, 1.165) is 6.42 Å². The molecule has 1 atom stereocenters. The molecule has 0 aliphatic carbocycles. The second-order valence-electron chi connectivity index (χ2n) is 4.52. The third-order valence-electron chi connectivity index (χ3n) is 2.64. The highest BCUT2D eigenvalue weighted by Gasteiger charge is 2.23. The van der Waals surface area contributed by atoms with E-state index in [1.54, 1.807) is 6.08 Å². The normalized spacial score (nSPS) is 13.8.